The molecule has 5 N–H and O–H groups in total. The number of phenolic OH excluding ortho intramolecular Hbond substituents is 1. The van der Waals surface area contributed by atoms with Crippen molar-refractivity contribution >= 4 is 22.9 Å². The molecule has 3 aliphatic heterocycles. The zero-order chi connectivity index (χ0) is 40.7. The Labute approximate surface area is 344 Å². The number of H-pyrrole nitrogens is 1. The van der Waals surface area contributed by atoms with Crippen LogP contribution in [0.4, 0.5) is 4.79 Å². The van der Waals surface area contributed by atoms with Crippen LogP contribution in [0.25, 0.3) is 10.9 Å². The Hall–Kier alpha value is -5.69. The van der Waals surface area contributed by atoms with Crippen LogP contribution in [-0.2, 0) is 11.3 Å². The highest BCUT2D eigenvalue weighted by Crippen LogP contribution is 2.32. The maximum absolute atomic E-state index is 13.7. The van der Waals surface area contributed by atoms with Crippen molar-refractivity contribution in [2.45, 2.75) is 57.0 Å². The predicted octanol–water partition coefficient (Wildman–Crippen LogP) is 6.29. The van der Waals surface area contributed by atoms with E-state index in [-0.39, 0.29) is 29.9 Å². The van der Waals surface area contributed by atoms with Gasteiger partial charge >= 0.3 is 6.09 Å². The van der Waals surface area contributed by atoms with E-state index >= 15 is 0 Å². The van der Waals surface area contributed by atoms with Gasteiger partial charge in [-0.25, -0.2) is 4.79 Å². The number of aromatic amines is 1. The molecule has 0 radical (unpaired) electrons. The Morgan fingerprint density at radius 3 is 2.42 bits per heavy atom. The number of hydrogen-bond acceptors (Lipinski definition) is 9. The second-order valence-corrected chi connectivity index (χ2v) is 16.2. The second-order valence-electron chi connectivity index (χ2n) is 16.2. The van der Waals surface area contributed by atoms with Gasteiger partial charge in [-0.3, -0.25) is 14.5 Å². The topological polar surface area (TPSA) is 156 Å². The quantitative estimate of drug-likeness (QED) is 0.0683. The Bertz CT molecular complexity index is 2270. The van der Waals surface area contributed by atoms with Gasteiger partial charge in [-0.2, -0.15) is 0 Å². The molecule has 2 bridgehead atoms. The van der Waals surface area contributed by atoms with Crippen molar-refractivity contribution in [1.82, 2.24) is 25.4 Å². The SMILES string of the molecule is O=C(NC(c1ccccc1)c1cccc(OCc2ccc(C(=O)N(CCCNC[C@@H](O)c3ccc(O)c4[nH]c(=O)ccc34)CC3CC3)cc2)c1)O[C@H]1CN2CCC1CC2. The Morgan fingerprint density at radius 2 is 1.68 bits per heavy atom. The average Bonchev–Trinajstić information content (AvgIpc) is 4.09. The smallest absolute Gasteiger partial charge is 0.408 e. The summed E-state index contributed by atoms with van der Waals surface area (Å²) in [6.07, 6.45) is 3.76. The number of nitrogens with one attached hydrogen (secondary N) is 3. The molecule has 1 unspecified atom stereocenters. The lowest BCUT2D eigenvalue weighted by Crippen LogP contribution is -2.52. The third kappa shape index (κ3) is 10.1. The maximum atomic E-state index is 13.7. The van der Waals surface area contributed by atoms with E-state index in [1.54, 1.807) is 12.1 Å². The van der Waals surface area contributed by atoms with Gasteiger partial charge in [0.2, 0.25) is 5.56 Å². The minimum absolute atomic E-state index is 0.00635. The number of rotatable bonds is 17. The standard InChI is InChI=1S/C47H53N5O7/c53-40-18-16-38(39-17-19-43(55)49-45(39)40)41(54)27-48-22-5-23-52(28-31-10-11-31)46(56)35-14-12-32(13-15-35)30-58-37-9-4-8-36(26-37)44(34-6-2-1-3-7-34)50-47(57)59-42-29-51-24-20-33(42)21-25-51/h1-4,6-9,12-19,26,31,33,41-42,44,48,53-54H,5,10-11,20-25,27-30H2,(H,49,55)(H,50,57)/t41-,42+,44?/m1/s1. The number of benzene rings is 4. The number of ether oxygens (including phenoxy) is 2. The molecule has 4 heterocycles. The van der Waals surface area contributed by atoms with E-state index in [0.717, 1.165) is 68.6 Å². The first-order valence-electron chi connectivity index (χ1n) is 20.9. The molecule has 59 heavy (non-hydrogen) atoms. The molecule has 9 rings (SSSR count). The molecule has 1 aliphatic carbocycles. The fraction of sp³-hybridized carbons (Fsp3) is 0.383. The van der Waals surface area contributed by atoms with Crippen LogP contribution < -0.4 is 20.9 Å². The normalized spacial score (nSPS) is 19.5. The molecule has 2 amide bonds. The van der Waals surface area contributed by atoms with Crippen LogP contribution in [0.5, 0.6) is 11.5 Å². The van der Waals surface area contributed by atoms with Crippen LogP contribution >= 0.6 is 0 Å². The highest BCUT2D eigenvalue weighted by atomic mass is 16.6. The number of carbonyl (C=O) groups excluding carboxylic acids is 2. The summed E-state index contributed by atoms with van der Waals surface area (Å²) in [7, 11) is 0. The molecule has 4 aromatic carbocycles. The molecule has 3 saturated heterocycles. The number of phenols is 1. The van der Waals surface area contributed by atoms with Gasteiger partial charge in [0.25, 0.3) is 5.91 Å². The van der Waals surface area contributed by atoms with Crippen molar-refractivity contribution in [3.63, 3.8) is 0 Å². The van der Waals surface area contributed by atoms with Crippen molar-refractivity contribution in [2.75, 3.05) is 45.8 Å². The van der Waals surface area contributed by atoms with Crippen LogP contribution in [-0.4, -0.2) is 88.9 Å². The van der Waals surface area contributed by atoms with Gasteiger partial charge in [0.15, 0.2) is 0 Å². The van der Waals surface area contributed by atoms with Gasteiger partial charge < -0.3 is 40.2 Å². The zero-order valence-corrected chi connectivity index (χ0v) is 33.2. The van der Waals surface area contributed by atoms with E-state index in [9.17, 15) is 24.6 Å². The van der Waals surface area contributed by atoms with Gasteiger partial charge in [-0.15, -0.1) is 0 Å². The van der Waals surface area contributed by atoms with Crippen LogP contribution in [0.2, 0.25) is 0 Å². The first kappa shape index (κ1) is 40.1. The molecule has 3 atom stereocenters. The number of pyridine rings is 1. The predicted molar refractivity (Wildman–Crippen MR) is 225 cm³/mol. The highest BCUT2D eigenvalue weighted by molar-refractivity contribution is 5.94. The molecule has 5 aromatic rings. The fourth-order valence-electron chi connectivity index (χ4n) is 8.40. The van der Waals surface area contributed by atoms with Gasteiger partial charge in [0.1, 0.15) is 24.2 Å². The third-order valence-electron chi connectivity index (χ3n) is 11.9. The Balaban J connectivity index is 0.839. The molecular formula is C47H53N5O7. The van der Waals surface area contributed by atoms with E-state index in [4.69, 9.17) is 9.47 Å². The monoisotopic (exact) mass is 799 g/mol. The number of carbonyl (C=O) groups is 2. The largest absolute Gasteiger partial charge is 0.506 e. The van der Waals surface area contributed by atoms with Crippen molar-refractivity contribution in [3.05, 3.63) is 141 Å². The van der Waals surface area contributed by atoms with E-state index in [1.807, 2.05) is 83.8 Å². The van der Waals surface area contributed by atoms with Crippen molar-refractivity contribution in [2.24, 2.45) is 11.8 Å². The summed E-state index contributed by atoms with van der Waals surface area (Å²) in [5.74, 6) is 1.56. The van der Waals surface area contributed by atoms with Gasteiger partial charge in [-0.1, -0.05) is 60.7 Å². The van der Waals surface area contributed by atoms with Gasteiger partial charge in [0.05, 0.1) is 17.7 Å². The van der Waals surface area contributed by atoms with Crippen molar-refractivity contribution < 1.29 is 29.3 Å². The first-order valence-corrected chi connectivity index (χ1v) is 20.9. The summed E-state index contributed by atoms with van der Waals surface area (Å²) in [5.41, 5.74) is 3.96. The summed E-state index contributed by atoms with van der Waals surface area (Å²) >= 11 is 0. The Morgan fingerprint density at radius 1 is 0.898 bits per heavy atom. The van der Waals surface area contributed by atoms with Crippen LogP contribution in [0.3, 0.4) is 0 Å². The number of nitrogens with zero attached hydrogens (tertiary/aromatic N) is 2. The number of aliphatic hydroxyl groups is 1. The number of fused-ring (bicyclic) bond motifs is 4. The number of amides is 2. The minimum Gasteiger partial charge on any atom is -0.506 e. The molecule has 12 nitrogen and oxygen atoms in total. The lowest BCUT2D eigenvalue weighted by molar-refractivity contribution is -0.0336. The van der Waals surface area contributed by atoms with Gasteiger partial charge in [0, 0.05) is 43.2 Å². The van der Waals surface area contributed by atoms with Crippen molar-refractivity contribution in [1.29, 1.82) is 0 Å². The maximum Gasteiger partial charge on any atom is 0.408 e. The van der Waals surface area contributed by atoms with E-state index in [0.29, 0.717) is 65.7 Å². The van der Waals surface area contributed by atoms with E-state index < -0.39 is 18.2 Å². The summed E-state index contributed by atoms with van der Waals surface area (Å²) in [6, 6.07) is 30.9. The zero-order valence-electron chi connectivity index (χ0n) is 33.2. The van der Waals surface area contributed by atoms with Crippen LogP contribution in [0, 0.1) is 11.8 Å². The number of hydrogen-bond donors (Lipinski definition) is 5. The molecule has 4 aliphatic rings. The minimum atomic E-state index is -0.849. The number of aromatic hydroxyl groups is 1. The van der Waals surface area contributed by atoms with E-state index in [2.05, 4.69) is 20.5 Å². The molecule has 308 valence electrons. The molecular weight excluding hydrogens is 747 g/mol. The molecule has 4 fully saturated rings. The number of piperidine rings is 3. The summed E-state index contributed by atoms with van der Waals surface area (Å²) in [6.45, 7) is 5.45. The first-order chi connectivity index (χ1) is 28.8. The summed E-state index contributed by atoms with van der Waals surface area (Å²) in [5, 5.41) is 28.1. The summed E-state index contributed by atoms with van der Waals surface area (Å²) < 4.78 is 12.2. The van der Waals surface area contributed by atoms with Gasteiger partial charge in [-0.05, 0) is 122 Å². The highest BCUT2D eigenvalue weighted by Gasteiger charge is 2.37. The Kier molecular flexibility index (Phi) is 12.6. The fourth-order valence-corrected chi connectivity index (χ4v) is 8.40. The molecule has 0 spiro atoms. The lowest BCUT2D eigenvalue weighted by atomic mass is 9.86. The average molecular weight is 800 g/mol. The number of aromatic nitrogens is 1. The van der Waals surface area contributed by atoms with Crippen LogP contribution in [0.1, 0.15) is 76.9 Å². The molecule has 12 heteroatoms. The van der Waals surface area contributed by atoms with Crippen LogP contribution in [0.15, 0.2) is 108 Å². The third-order valence-corrected chi connectivity index (χ3v) is 11.9. The number of alkyl carbamates (subject to hydrolysis) is 1. The molecule has 1 aromatic heterocycles. The lowest BCUT2D eigenvalue weighted by Gasteiger charge is -2.43. The molecule has 1 saturated carbocycles. The number of aliphatic hydroxyl groups excluding tert-OH is 1. The van der Waals surface area contributed by atoms with E-state index in [1.165, 1.54) is 12.1 Å². The van der Waals surface area contributed by atoms with Crippen molar-refractivity contribution in [3.8, 4) is 11.5 Å². The second kappa shape index (κ2) is 18.5. The summed E-state index contributed by atoms with van der Waals surface area (Å²) in [4.78, 5) is 45.7.